The van der Waals surface area contributed by atoms with E-state index >= 15 is 0 Å². The van der Waals surface area contributed by atoms with E-state index in [4.69, 9.17) is 0 Å². The minimum atomic E-state index is 0.519. The van der Waals surface area contributed by atoms with Crippen LogP contribution < -0.4 is 5.32 Å². The fourth-order valence-electron chi connectivity index (χ4n) is 3.60. The molecule has 0 spiro atoms. The van der Waals surface area contributed by atoms with Crippen molar-refractivity contribution in [2.24, 2.45) is 11.3 Å². The molecule has 2 unspecified atom stereocenters. The van der Waals surface area contributed by atoms with Gasteiger partial charge in [-0.25, -0.2) is 0 Å². The maximum atomic E-state index is 3.57. The van der Waals surface area contributed by atoms with E-state index in [1.54, 1.807) is 0 Å². The van der Waals surface area contributed by atoms with E-state index in [0.29, 0.717) is 11.5 Å². The Balaban J connectivity index is 1.94. The lowest BCUT2D eigenvalue weighted by molar-refractivity contribution is 0.0992. The van der Waals surface area contributed by atoms with Crippen molar-refractivity contribution >= 4 is 11.8 Å². The molecule has 0 bridgehead atoms. The van der Waals surface area contributed by atoms with Crippen LogP contribution in [0.4, 0.5) is 0 Å². The van der Waals surface area contributed by atoms with Crippen molar-refractivity contribution in [3.05, 3.63) is 0 Å². The first-order chi connectivity index (χ1) is 8.98. The molecule has 2 aliphatic heterocycles. The Morgan fingerprint density at radius 3 is 2.74 bits per heavy atom. The average Bonchev–Trinajstić information content (AvgIpc) is 2.35. The highest BCUT2D eigenvalue weighted by molar-refractivity contribution is 7.99. The molecule has 0 radical (unpaired) electrons. The Hall–Kier alpha value is 0.270. The van der Waals surface area contributed by atoms with Gasteiger partial charge in [-0.3, -0.25) is 4.90 Å². The minimum absolute atomic E-state index is 0.519. The molecule has 2 nitrogen and oxygen atoms in total. The zero-order chi connectivity index (χ0) is 13.9. The van der Waals surface area contributed by atoms with E-state index in [0.717, 1.165) is 12.0 Å². The number of piperidine rings is 1. The number of nitrogens with one attached hydrogen (secondary N) is 1. The smallest absolute Gasteiger partial charge is 0.0194 e. The maximum absolute atomic E-state index is 3.57. The summed E-state index contributed by atoms with van der Waals surface area (Å²) in [6.45, 7) is 13.4. The number of thioether (sulfide) groups is 1. The van der Waals surface area contributed by atoms with Crippen LogP contribution in [0, 0.1) is 11.3 Å². The Kier molecular flexibility index (Phi) is 5.62. The van der Waals surface area contributed by atoms with Crippen molar-refractivity contribution in [1.29, 1.82) is 0 Å². The quantitative estimate of drug-likeness (QED) is 0.853. The topological polar surface area (TPSA) is 15.3 Å². The molecule has 0 saturated carbocycles. The van der Waals surface area contributed by atoms with Crippen LogP contribution in [-0.2, 0) is 0 Å². The normalized spacial score (nSPS) is 31.9. The van der Waals surface area contributed by atoms with Gasteiger partial charge >= 0.3 is 0 Å². The molecule has 2 fully saturated rings. The lowest BCUT2D eigenvalue weighted by Gasteiger charge is -2.44. The van der Waals surface area contributed by atoms with E-state index in [9.17, 15) is 0 Å². The van der Waals surface area contributed by atoms with Gasteiger partial charge in [0, 0.05) is 24.4 Å². The van der Waals surface area contributed by atoms with Crippen molar-refractivity contribution < 1.29 is 0 Å². The molecule has 0 aromatic rings. The summed E-state index contributed by atoms with van der Waals surface area (Å²) in [7, 11) is 0. The summed E-state index contributed by atoms with van der Waals surface area (Å²) < 4.78 is 0. The minimum Gasteiger partial charge on any atom is -0.316 e. The predicted molar refractivity (Wildman–Crippen MR) is 86.9 cm³/mol. The molecule has 0 aromatic carbocycles. The van der Waals surface area contributed by atoms with Gasteiger partial charge in [0.1, 0.15) is 0 Å². The molecule has 2 atom stereocenters. The van der Waals surface area contributed by atoms with Crippen molar-refractivity contribution in [2.75, 3.05) is 31.1 Å². The van der Waals surface area contributed by atoms with Crippen molar-refractivity contribution in [2.45, 2.75) is 59.0 Å². The SMILES string of the molecule is CC(C)N(CC1CCCNC1)C1CSCC(C)(C)C1. The van der Waals surface area contributed by atoms with Gasteiger partial charge in [-0.2, -0.15) is 11.8 Å². The molecule has 3 heteroatoms. The lowest BCUT2D eigenvalue weighted by atomic mass is 9.86. The third-order valence-electron chi connectivity index (χ3n) is 4.59. The van der Waals surface area contributed by atoms with Crippen molar-refractivity contribution in [3.63, 3.8) is 0 Å². The fourth-order valence-corrected chi connectivity index (χ4v) is 4.97. The van der Waals surface area contributed by atoms with Gasteiger partial charge in [0.15, 0.2) is 0 Å². The van der Waals surface area contributed by atoms with E-state index in [-0.39, 0.29) is 0 Å². The Labute approximate surface area is 124 Å². The second kappa shape index (κ2) is 6.82. The highest BCUT2D eigenvalue weighted by Gasteiger charge is 2.33. The summed E-state index contributed by atoms with van der Waals surface area (Å²) in [4.78, 5) is 2.80. The Bertz CT molecular complexity index is 272. The molecule has 2 saturated heterocycles. The van der Waals surface area contributed by atoms with Crippen LogP contribution in [0.1, 0.15) is 47.0 Å². The van der Waals surface area contributed by atoms with Gasteiger partial charge in [0.05, 0.1) is 0 Å². The van der Waals surface area contributed by atoms with Crippen LogP contribution in [0.3, 0.4) is 0 Å². The standard InChI is InChI=1S/C16H32N2S/c1-13(2)18(10-14-6-5-7-17-9-14)15-8-16(3,4)12-19-11-15/h13-15,17H,5-12H2,1-4H3. The number of hydrogen-bond acceptors (Lipinski definition) is 3. The molecular formula is C16H32N2S. The van der Waals surface area contributed by atoms with Crippen LogP contribution in [-0.4, -0.2) is 48.1 Å². The first kappa shape index (κ1) is 15.7. The molecule has 1 N–H and O–H groups in total. The Morgan fingerprint density at radius 1 is 1.37 bits per heavy atom. The number of hydrogen-bond donors (Lipinski definition) is 1. The first-order valence-electron chi connectivity index (χ1n) is 8.02. The largest absolute Gasteiger partial charge is 0.316 e. The summed E-state index contributed by atoms with van der Waals surface area (Å²) in [6.07, 6.45) is 4.15. The first-order valence-corrected chi connectivity index (χ1v) is 9.17. The van der Waals surface area contributed by atoms with Crippen LogP contribution in [0.2, 0.25) is 0 Å². The monoisotopic (exact) mass is 284 g/mol. The Morgan fingerprint density at radius 2 is 2.16 bits per heavy atom. The highest BCUT2D eigenvalue weighted by Crippen LogP contribution is 2.36. The third kappa shape index (κ3) is 4.64. The summed E-state index contributed by atoms with van der Waals surface area (Å²) in [6, 6.07) is 1.47. The van der Waals surface area contributed by atoms with Crippen LogP contribution >= 0.6 is 11.8 Å². The molecular weight excluding hydrogens is 252 g/mol. The van der Waals surface area contributed by atoms with Gasteiger partial charge in [0.25, 0.3) is 0 Å². The molecule has 0 amide bonds. The van der Waals surface area contributed by atoms with Crippen LogP contribution in [0.15, 0.2) is 0 Å². The van der Waals surface area contributed by atoms with E-state index in [1.807, 2.05) is 0 Å². The van der Waals surface area contributed by atoms with E-state index < -0.39 is 0 Å². The molecule has 0 aromatic heterocycles. The second-order valence-corrected chi connectivity index (χ2v) is 8.57. The summed E-state index contributed by atoms with van der Waals surface area (Å²) >= 11 is 2.16. The summed E-state index contributed by atoms with van der Waals surface area (Å²) in [5.41, 5.74) is 0.519. The van der Waals surface area contributed by atoms with Crippen molar-refractivity contribution in [3.8, 4) is 0 Å². The molecule has 0 aliphatic carbocycles. The molecule has 19 heavy (non-hydrogen) atoms. The third-order valence-corrected chi connectivity index (χ3v) is 6.20. The van der Waals surface area contributed by atoms with Gasteiger partial charge in [0.2, 0.25) is 0 Å². The second-order valence-electron chi connectivity index (χ2n) is 7.54. The average molecular weight is 285 g/mol. The number of rotatable bonds is 4. The molecule has 2 rings (SSSR count). The highest BCUT2D eigenvalue weighted by atomic mass is 32.2. The summed E-state index contributed by atoms with van der Waals surface area (Å²) in [5, 5.41) is 3.57. The van der Waals surface area contributed by atoms with Gasteiger partial charge < -0.3 is 5.32 Å². The van der Waals surface area contributed by atoms with Crippen LogP contribution in [0.5, 0.6) is 0 Å². The predicted octanol–water partition coefficient (Wildman–Crippen LogP) is 3.23. The fraction of sp³-hybridized carbons (Fsp3) is 1.00. The molecule has 2 aliphatic rings. The lowest BCUT2D eigenvalue weighted by Crippen LogP contribution is -2.50. The zero-order valence-electron chi connectivity index (χ0n) is 13.2. The van der Waals surface area contributed by atoms with E-state index in [1.165, 1.54) is 50.4 Å². The van der Waals surface area contributed by atoms with Crippen molar-refractivity contribution in [1.82, 2.24) is 10.2 Å². The summed E-state index contributed by atoms with van der Waals surface area (Å²) in [5.74, 6) is 3.54. The van der Waals surface area contributed by atoms with Crippen LogP contribution in [0.25, 0.3) is 0 Å². The number of nitrogens with zero attached hydrogens (tertiary/aromatic N) is 1. The molecule has 112 valence electrons. The van der Waals surface area contributed by atoms with Gasteiger partial charge in [-0.1, -0.05) is 13.8 Å². The zero-order valence-corrected chi connectivity index (χ0v) is 14.1. The molecule has 2 heterocycles. The van der Waals surface area contributed by atoms with E-state index in [2.05, 4.69) is 49.7 Å². The van der Waals surface area contributed by atoms with Gasteiger partial charge in [-0.15, -0.1) is 0 Å². The van der Waals surface area contributed by atoms with Gasteiger partial charge in [-0.05, 0) is 63.3 Å². The maximum Gasteiger partial charge on any atom is 0.0194 e.